The SMILES string of the molecule is Clc1cc(N(c2ccc(-c3ccccc3)cc2)c2ccc(-c3ccccc3)cc2)cc2c1-c1cc(-c3cccc4ccccc34)ccc1C21C2CC3CC(C2)CC1C3. The first kappa shape index (κ1) is 34.2. The molecule has 280 valence electrons. The summed E-state index contributed by atoms with van der Waals surface area (Å²) in [4.78, 5) is 2.43. The van der Waals surface area contributed by atoms with Crippen molar-refractivity contribution < 1.29 is 0 Å². The summed E-state index contributed by atoms with van der Waals surface area (Å²) in [6.07, 6.45) is 6.72. The second-order valence-electron chi connectivity index (χ2n) is 17.5. The summed E-state index contributed by atoms with van der Waals surface area (Å²) in [7, 11) is 0. The van der Waals surface area contributed by atoms with Crippen LogP contribution in [0.25, 0.3) is 55.3 Å². The van der Waals surface area contributed by atoms with E-state index in [0.29, 0.717) is 11.8 Å². The van der Waals surface area contributed by atoms with Crippen molar-refractivity contribution in [3.63, 3.8) is 0 Å². The highest BCUT2D eigenvalue weighted by Crippen LogP contribution is 2.70. The Kier molecular flexibility index (Phi) is 7.86. The number of hydrogen-bond acceptors (Lipinski definition) is 1. The lowest BCUT2D eigenvalue weighted by molar-refractivity contribution is -0.0399. The van der Waals surface area contributed by atoms with Crippen LogP contribution in [0.3, 0.4) is 0 Å². The van der Waals surface area contributed by atoms with Crippen molar-refractivity contribution in [2.45, 2.75) is 37.5 Å². The van der Waals surface area contributed by atoms with Crippen molar-refractivity contribution in [3.05, 3.63) is 198 Å². The summed E-state index contributed by atoms with van der Waals surface area (Å²) in [6.45, 7) is 0. The van der Waals surface area contributed by atoms with E-state index < -0.39 is 0 Å². The molecule has 8 aromatic carbocycles. The normalized spacial score (nSPS) is 22.3. The van der Waals surface area contributed by atoms with Crippen molar-refractivity contribution in [2.24, 2.45) is 23.7 Å². The van der Waals surface area contributed by atoms with Crippen LogP contribution in [0.15, 0.2) is 182 Å². The lowest BCUT2D eigenvalue weighted by Gasteiger charge is -2.61. The third kappa shape index (κ3) is 5.22. The number of fused-ring (bicyclic) bond motifs is 4. The van der Waals surface area contributed by atoms with Gasteiger partial charge in [-0.1, -0.05) is 151 Å². The maximum absolute atomic E-state index is 7.80. The van der Waals surface area contributed by atoms with Gasteiger partial charge in [-0.2, -0.15) is 0 Å². The van der Waals surface area contributed by atoms with E-state index in [9.17, 15) is 0 Å². The van der Waals surface area contributed by atoms with Gasteiger partial charge in [-0.3, -0.25) is 0 Å². The summed E-state index contributed by atoms with van der Waals surface area (Å²) >= 11 is 7.80. The number of hydrogen-bond donors (Lipinski definition) is 0. The Labute approximate surface area is 346 Å². The molecule has 5 aliphatic rings. The fourth-order valence-corrected chi connectivity index (χ4v) is 12.7. The maximum atomic E-state index is 7.80. The average Bonchev–Trinajstić information content (AvgIpc) is 3.56. The van der Waals surface area contributed by atoms with Gasteiger partial charge in [0.2, 0.25) is 0 Å². The topological polar surface area (TPSA) is 3.24 Å². The third-order valence-corrected chi connectivity index (χ3v) is 14.8. The molecule has 4 fully saturated rings. The predicted octanol–water partition coefficient (Wildman–Crippen LogP) is 15.7. The van der Waals surface area contributed by atoms with E-state index in [2.05, 4.69) is 187 Å². The van der Waals surface area contributed by atoms with Gasteiger partial charge in [-0.15, -0.1) is 0 Å². The van der Waals surface area contributed by atoms with Crippen LogP contribution < -0.4 is 4.90 Å². The standard InChI is InChI=1S/C56H44ClN/c57-54-35-48(58(46-23-18-40(19-24-46)38-10-3-1-4-11-38)47-25-20-41(21-26-47)39-12-5-2-6-13-39)34-53-55(54)51-33-43(50-17-9-15-42-14-7-8-16-49(42)50)22-27-52(51)56(53)44-29-36-28-37(31-44)32-45(56)30-36/h1-27,33-37,44-45H,28-32H2. The van der Waals surface area contributed by atoms with Gasteiger partial charge in [0, 0.05) is 28.0 Å². The van der Waals surface area contributed by atoms with E-state index in [1.807, 2.05) is 0 Å². The first-order valence-corrected chi connectivity index (χ1v) is 21.6. The molecule has 5 aliphatic carbocycles. The van der Waals surface area contributed by atoms with E-state index in [0.717, 1.165) is 33.9 Å². The monoisotopic (exact) mass is 765 g/mol. The van der Waals surface area contributed by atoms with Gasteiger partial charge in [-0.25, -0.2) is 0 Å². The van der Waals surface area contributed by atoms with E-state index in [1.54, 1.807) is 0 Å². The van der Waals surface area contributed by atoms with Gasteiger partial charge < -0.3 is 4.90 Å². The maximum Gasteiger partial charge on any atom is 0.0508 e. The molecule has 0 amide bonds. The average molecular weight is 766 g/mol. The Balaban J connectivity index is 1.05. The van der Waals surface area contributed by atoms with Crippen LogP contribution >= 0.6 is 11.6 Å². The van der Waals surface area contributed by atoms with Crippen LogP contribution in [-0.4, -0.2) is 0 Å². The molecule has 0 aromatic heterocycles. The molecule has 0 atom stereocenters. The Morgan fingerprint density at radius 3 is 1.57 bits per heavy atom. The van der Waals surface area contributed by atoms with E-state index in [-0.39, 0.29) is 5.41 Å². The fourth-order valence-electron chi connectivity index (χ4n) is 12.3. The predicted molar refractivity (Wildman–Crippen MR) is 243 cm³/mol. The zero-order chi connectivity index (χ0) is 38.4. The van der Waals surface area contributed by atoms with Crippen LogP contribution in [0.4, 0.5) is 17.1 Å². The van der Waals surface area contributed by atoms with Crippen LogP contribution in [0.1, 0.15) is 43.2 Å². The van der Waals surface area contributed by atoms with E-state index >= 15 is 0 Å². The largest absolute Gasteiger partial charge is 0.310 e. The number of rotatable bonds is 6. The molecule has 4 bridgehead atoms. The molecular weight excluding hydrogens is 722 g/mol. The molecule has 13 rings (SSSR count). The Morgan fingerprint density at radius 1 is 0.414 bits per heavy atom. The third-order valence-electron chi connectivity index (χ3n) is 14.5. The first-order valence-electron chi connectivity index (χ1n) is 21.2. The zero-order valence-electron chi connectivity index (χ0n) is 32.5. The summed E-state index contributed by atoms with van der Waals surface area (Å²) in [5.41, 5.74) is 16.3. The lowest BCUT2D eigenvalue weighted by atomic mass is 9.43. The highest BCUT2D eigenvalue weighted by Gasteiger charge is 2.62. The number of halogens is 1. The zero-order valence-corrected chi connectivity index (χ0v) is 33.2. The minimum absolute atomic E-state index is 0.0327. The Morgan fingerprint density at radius 2 is 0.948 bits per heavy atom. The molecule has 0 aliphatic heterocycles. The van der Waals surface area contributed by atoms with Crippen LogP contribution in [0.2, 0.25) is 5.02 Å². The quantitative estimate of drug-likeness (QED) is 0.163. The first-order chi connectivity index (χ1) is 28.6. The van der Waals surface area contributed by atoms with Crippen LogP contribution in [0, 0.1) is 23.7 Å². The molecule has 0 saturated heterocycles. The Bertz CT molecular complexity index is 2720. The Hall–Kier alpha value is -5.89. The van der Waals surface area contributed by atoms with E-state index in [1.165, 1.54) is 98.5 Å². The van der Waals surface area contributed by atoms with Gasteiger partial charge in [0.1, 0.15) is 0 Å². The molecule has 1 nitrogen and oxygen atoms in total. The van der Waals surface area contributed by atoms with Gasteiger partial charge in [0.15, 0.2) is 0 Å². The molecule has 8 aromatic rings. The number of anilines is 3. The van der Waals surface area contributed by atoms with Gasteiger partial charge in [0.25, 0.3) is 0 Å². The summed E-state index contributed by atoms with van der Waals surface area (Å²) in [6, 6.07) is 67.2. The molecule has 0 radical (unpaired) electrons. The summed E-state index contributed by atoms with van der Waals surface area (Å²) in [5, 5.41) is 3.41. The number of benzene rings is 8. The smallest absolute Gasteiger partial charge is 0.0508 e. The van der Waals surface area contributed by atoms with Crippen molar-refractivity contribution in [2.75, 3.05) is 4.90 Å². The van der Waals surface area contributed by atoms with Gasteiger partial charge in [0.05, 0.1) is 5.02 Å². The molecule has 0 N–H and O–H groups in total. The van der Waals surface area contributed by atoms with Gasteiger partial charge >= 0.3 is 0 Å². The second kappa shape index (κ2) is 13.3. The van der Waals surface area contributed by atoms with E-state index in [4.69, 9.17) is 11.6 Å². The molecule has 0 unspecified atom stereocenters. The molecule has 1 spiro atoms. The summed E-state index contributed by atoms with van der Waals surface area (Å²) < 4.78 is 0. The van der Waals surface area contributed by atoms with Crippen LogP contribution in [0.5, 0.6) is 0 Å². The van der Waals surface area contributed by atoms with Crippen molar-refractivity contribution >= 4 is 39.4 Å². The van der Waals surface area contributed by atoms with Crippen LogP contribution in [-0.2, 0) is 5.41 Å². The molecule has 0 heterocycles. The number of nitrogens with zero attached hydrogens (tertiary/aromatic N) is 1. The molecule has 58 heavy (non-hydrogen) atoms. The molecular formula is C56H44ClN. The van der Waals surface area contributed by atoms with Crippen molar-refractivity contribution in [1.29, 1.82) is 0 Å². The minimum atomic E-state index is -0.0327. The van der Waals surface area contributed by atoms with Gasteiger partial charge in [-0.05, 0) is 159 Å². The van der Waals surface area contributed by atoms with Crippen molar-refractivity contribution in [3.8, 4) is 44.5 Å². The lowest BCUT2D eigenvalue weighted by Crippen LogP contribution is -2.55. The molecule has 4 saturated carbocycles. The second-order valence-corrected chi connectivity index (χ2v) is 17.9. The highest BCUT2D eigenvalue weighted by atomic mass is 35.5. The fraction of sp³-hybridized carbons (Fsp3) is 0.179. The summed E-state index contributed by atoms with van der Waals surface area (Å²) in [5.74, 6) is 2.97. The highest BCUT2D eigenvalue weighted by molar-refractivity contribution is 6.34. The molecule has 2 heteroatoms. The minimum Gasteiger partial charge on any atom is -0.310 e. The van der Waals surface area contributed by atoms with Crippen molar-refractivity contribution in [1.82, 2.24) is 0 Å².